The summed E-state index contributed by atoms with van der Waals surface area (Å²) >= 11 is 0. The minimum atomic E-state index is -3.45. The molecule has 1 heterocycles. The summed E-state index contributed by atoms with van der Waals surface area (Å²) in [5.74, 6) is 0.805. The quantitative estimate of drug-likeness (QED) is 0.884. The lowest BCUT2D eigenvalue weighted by molar-refractivity contribution is -0.126. The highest BCUT2D eigenvalue weighted by Gasteiger charge is 2.28. The van der Waals surface area contributed by atoms with Crippen LogP contribution in [0.25, 0.3) is 0 Å². The van der Waals surface area contributed by atoms with E-state index in [0.29, 0.717) is 24.8 Å². The smallest absolute Gasteiger partial charge is 0.260 e. The molecule has 0 saturated carbocycles. The lowest BCUT2D eigenvalue weighted by atomic mass is 10.0. The number of piperidine rings is 1. The van der Waals surface area contributed by atoms with Crippen molar-refractivity contribution in [3.8, 4) is 5.75 Å². The van der Waals surface area contributed by atoms with Crippen LogP contribution in [0.3, 0.4) is 0 Å². The molecular formula is C16H24N2O4S. The number of likely N-dealkylation sites (N-methyl/N-ethyl adjacent to an activating group) is 1. The highest BCUT2D eigenvalue weighted by Crippen LogP contribution is 2.25. The van der Waals surface area contributed by atoms with Crippen LogP contribution < -0.4 is 10.1 Å². The van der Waals surface area contributed by atoms with Crippen LogP contribution in [0.15, 0.2) is 29.2 Å². The van der Waals surface area contributed by atoms with Gasteiger partial charge in [-0.1, -0.05) is 6.92 Å². The van der Waals surface area contributed by atoms with Crippen molar-refractivity contribution in [3.63, 3.8) is 0 Å². The molecule has 0 radical (unpaired) electrons. The molecule has 1 atom stereocenters. The maximum Gasteiger partial charge on any atom is 0.260 e. The second-order valence-electron chi connectivity index (χ2n) is 5.93. The molecule has 1 fully saturated rings. The molecule has 1 N–H and O–H groups in total. The monoisotopic (exact) mass is 340 g/mol. The van der Waals surface area contributed by atoms with Crippen LogP contribution in [-0.2, 0) is 14.8 Å². The molecule has 1 amide bonds. The van der Waals surface area contributed by atoms with E-state index in [1.165, 1.54) is 23.5 Å². The van der Waals surface area contributed by atoms with Gasteiger partial charge in [-0.25, -0.2) is 8.42 Å². The van der Waals surface area contributed by atoms with Crippen molar-refractivity contribution in [1.82, 2.24) is 9.62 Å². The Balaban J connectivity index is 2.08. The fourth-order valence-electron chi connectivity index (χ4n) is 2.53. The first-order chi connectivity index (χ1) is 10.8. The van der Waals surface area contributed by atoms with Gasteiger partial charge >= 0.3 is 0 Å². The van der Waals surface area contributed by atoms with E-state index >= 15 is 0 Å². The molecule has 1 aromatic rings. The van der Waals surface area contributed by atoms with Gasteiger partial charge in [0.2, 0.25) is 10.0 Å². The van der Waals surface area contributed by atoms with Crippen molar-refractivity contribution in [2.24, 2.45) is 5.92 Å². The van der Waals surface area contributed by atoms with Crippen LogP contribution in [0.5, 0.6) is 5.75 Å². The number of nitrogens with one attached hydrogen (secondary N) is 1. The number of rotatable bonds is 5. The summed E-state index contributed by atoms with van der Waals surface area (Å²) in [6.45, 7) is 4.91. The van der Waals surface area contributed by atoms with E-state index in [-0.39, 0.29) is 10.8 Å². The number of ether oxygens (including phenoxy) is 1. The van der Waals surface area contributed by atoms with E-state index in [2.05, 4.69) is 12.2 Å². The topological polar surface area (TPSA) is 75.7 Å². The Labute approximate surface area is 137 Å². The molecule has 128 valence electrons. The summed E-state index contributed by atoms with van der Waals surface area (Å²) in [5.41, 5.74) is 0. The van der Waals surface area contributed by atoms with Gasteiger partial charge in [-0.2, -0.15) is 4.31 Å². The van der Waals surface area contributed by atoms with Crippen molar-refractivity contribution in [1.29, 1.82) is 0 Å². The Morgan fingerprint density at radius 1 is 1.26 bits per heavy atom. The van der Waals surface area contributed by atoms with Crippen LogP contribution >= 0.6 is 0 Å². The van der Waals surface area contributed by atoms with Gasteiger partial charge < -0.3 is 10.1 Å². The third kappa shape index (κ3) is 4.23. The Kier molecular flexibility index (Phi) is 5.64. The average molecular weight is 340 g/mol. The number of carbonyl (C=O) groups excluding carboxylic acids is 1. The Hall–Kier alpha value is -1.60. The fourth-order valence-corrected chi connectivity index (χ4v) is 4.00. The van der Waals surface area contributed by atoms with Gasteiger partial charge in [-0.3, -0.25) is 4.79 Å². The summed E-state index contributed by atoms with van der Waals surface area (Å²) in [4.78, 5) is 11.7. The molecule has 0 spiro atoms. The fraction of sp³-hybridized carbons (Fsp3) is 0.562. The molecule has 1 aliphatic rings. The third-order valence-electron chi connectivity index (χ3n) is 4.13. The molecule has 23 heavy (non-hydrogen) atoms. The number of sulfonamides is 1. The molecule has 0 aromatic heterocycles. The lowest BCUT2D eigenvalue weighted by Crippen LogP contribution is -2.37. The first kappa shape index (κ1) is 17.7. The van der Waals surface area contributed by atoms with Gasteiger partial charge in [-0.15, -0.1) is 0 Å². The second-order valence-corrected chi connectivity index (χ2v) is 7.87. The molecule has 2 rings (SSSR count). The number of hydrogen-bond donors (Lipinski definition) is 1. The van der Waals surface area contributed by atoms with Gasteiger partial charge in [0.05, 0.1) is 4.90 Å². The number of amides is 1. The molecule has 7 heteroatoms. The van der Waals surface area contributed by atoms with Gasteiger partial charge in [0, 0.05) is 20.1 Å². The van der Waals surface area contributed by atoms with Crippen molar-refractivity contribution >= 4 is 15.9 Å². The van der Waals surface area contributed by atoms with Crippen LogP contribution in [0.2, 0.25) is 0 Å². The largest absolute Gasteiger partial charge is 0.481 e. The van der Waals surface area contributed by atoms with Crippen molar-refractivity contribution in [3.05, 3.63) is 24.3 Å². The standard InChI is InChI=1S/C16H24N2O4S/c1-12-8-10-18(11-9-12)23(20,21)15-6-4-14(5-7-15)22-13(2)16(19)17-3/h4-7,12-13H,8-11H2,1-3H3,(H,17,19)/t13-/m0/s1. The van der Waals surface area contributed by atoms with Gasteiger partial charge in [0.25, 0.3) is 5.91 Å². The molecule has 0 unspecified atom stereocenters. The first-order valence-corrected chi connectivity index (χ1v) is 9.27. The molecule has 1 saturated heterocycles. The van der Waals surface area contributed by atoms with E-state index in [1.807, 2.05) is 0 Å². The van der Waals surface area contributed by atoms with Crippen molar-refractivity contribution in [2.45, 2.75) is 37.7 Å². The maximum absolute atomic E-state index is 12.6. The van der Waals surface area contributed by atoms with E-state index in [9.17, 15) is 13.2 Å². The van der Waals surface area contributed by atoms with E-state index in [4.69, 9.17) is 4.74 Å². The Morgan fingerprint density at radius 3 is 2.35 bits per heavy atom. The minimum Gasteiger partial charge on any atom is -0.481 e. The number of nitrogens with zero attached hydrogens (tertiary/aromatic N) is 1. The van der Waals surface area contributed by atoms with Gasteiger partial charge in [-0.05, 0) is 49.9 Å². The lowest BCUT2D eigenvalue weighted by Gasteiger charge is -2.29. The zero-order valence-corrected chi connectivity index (χ0v) is 14.6. The summed E-state index contributed by atoms with van der Waals surface area (Å²) in [6.07, 6.45) is 1.15. The van der Waals surface area contributed by atoms with Gasteiger partial charge in [0.15, 0.2) is 6.10 Å². The molecular weight excluding hydrogens is 316 g/mol. The Bertz CT molecular complexity index is 635. The summed E-state index contributed by atoms with van der Waals surface area (Å²) in [6, 6.07) is 6.22. The zero-order valence-electron chi connectivity index (χ0n) is 13.8. The third-order valence-corrected chi connectivity index (χ3v) is 6.05. The van der Waals surface area contributed by atoms with E-state index in [1.54, 1.807) is 19.1 Å². The molecule has 1 aromatic carbocycles. The summed E-state index contributed by atoms with van der Waals surface area (Å²) in [5, 5.41) is 2.50. The van der Waals surface area contributed by atoms with Crippen molar-refractivity contribution in [2.75, 3.05) is 20.1 Å². The SMILES string of the molecule is CNC(=O)[C@H](C)Oc1ccc(S(=O)(=O)N2CCC(C)CC2)cc1. The predicted molar refractivity (Wildman–Crippen MR) is 87.8 cm³/mol. The maximum atomic E-state index is 12.6. The van der Waals surface area contributed by atoms with Gasteiger partial charge in [0.1, 0.15) is 5.75 Å². The zero-order chi connectivity index (χ0) is 17.0. The van der Waals surface area contributed by atoms with E-state index in [0.717, 1.165) is 12.8 Å². The molecule has 1 aliphatic heterocycles. The highest BCUT2D eigenvalue weighted by molar-refractivity contribution is 7.89. The van der Waals surface area contributed by atoms with Crippen LogP contribution in [-0.4, -0.2) is 44.9 Å². The predicted octanol–water partition coefficient (Wildman–Crippen LogP) is 1.62. The number of hydrogen-bond acceptors (Lipinski definition) is 4. The molecule has 0 aliphatic carbocycles. The second kappa shape index (κ2) is 7.31. The van der Waals surface area contributed by atoms with Crippen LogP contribution in [0.1, 0.15) is 26.7 Å². The molecule has 0 bridgehead atoms. The highest BCUT2D eigenvalue weighted by atomic mass is 32.2. The van der Waals surface area contributed by atoms with E-state index < -0.39 is 16.1 Å². The minimum absolute atomic E-state index is 0.232. The summed E-state index contributed by atoms with van der Waals surface area (Å²) in [7, 11) is -1.91. The summed E-state index contributed by atoms with van der Waals surface area (Å²) < 4.78 is 32.2. The first-order valence-electron chi connectivity index (χ1n) is 7.83. The number of benzene rings is 1. The van der Waals surface area contributed by atoms with Crippen molar-refractivity contribution < 1.29 is 17.9 Å². The van der Waals surface area contributed by atoms with Crippen LogP contribution in [0, 0.1) is 5.92 Å². The average Bonchev–Trinajstić information content (AvgIpc) is 2.55. The normalized spacial score (nSPS) is 18.4. The number of carbonyl (C=O) groups is 1. The Morgan fingerprint density at radius 2 is 1.83 bits per heavy atom. The molecule has 6 nitrogen and oxygen atoms in total. The van der Waals surface area contributed by atoms with Crippen LogP contribution in [0.4, 0.5) is 0 Å².